The molecule has 0 unspecified atom stereocenters. The Balaban J connectivity index is 1.70. The number of hydrogen-bond acceptors (Lipinski definition) is 4. The van der Waals surface area contributed by atoms with Crippen LogP contribution >= 0.6 is 0 Å². The fraction of sp³-hybridized carbons (Fsp3) is 0.261. The molecule has 1 heterocycles. The lowest BCUT2D eigenvalue weighted by Gasteiger charge is -2.18. The van der Waals surface area contributed by atoms with Crippen molar-refractivity contribution in [1.82, 2.24) is 15.1 Å². The Labute approximate surface area is 178 Å². The van der Waals surface area contributed by atoms with Crippen molar-refractivity contribution >= 4 is 5.91 Å². The van der Waals surface area contributed by atoms with Crippen LogP contribution in [0, 0.1) is 11.6 Å². The van der Waals surface area contributed by atoms with E-state index < -0.39 is 11.6 Å². The molecule has 0 saturated heterocycles. The molecule has 0 radical (unpaired) electrons. The van der Waals surface area contributed by atoms with Gasteiger partial charge < -0.3 is 10.1 Å². The van der Waals surface area contributed by atoms with Crippen LogP contribution in [0.15, 0.2) is 59.4 Å². The first kappa shape index (κ1) is 22.1. The average Bonchev–Trinajstić information content (AvgIpc) is 2.77. The molecule has 0 aliphatic heterocycles. The van der Waals surface area contributed by atoms with E-state index in [1.54, 1.807) is 19.2 Å². The standard InChI is InChI=1S/C23H23F2N3O3/c1-3-17(26-22(29)12-15-4-7-18(31-2)8-5-15)14-28-23(30)11-10-21(27-28)16-6-9-19(24)20(25)13-16/h4-11,13,17H,3,12,14H2,1-2H3,(H,26,29)/t17-/m1/s1. The lowest BCUT2D eigenvalue weighted by atomic mass is 10.1. The largest absolute Gasteiger partial charge is 0.497 e. The Bertz CT molecular complexity index is 1110. The van der Waals surface area contributed by atoms with Gasteiger partial charge in [0.25, 0.3) is 5.56 Å². The molecule has 0 aliphatic rings. The van der Waals surface area contributed by atoms with E-state index >= 15 is 0 Å². The number of methoxy groups -OCH3 is 1. The summed E-state index contributed by atoms with van der Waals surface area (Å²) in [5.41, 5.74) is 1.17. The molecule has 0 spiro atoms. The van der Waals surface area contributed by atoms with E-state index in [4.69, 9.17) is 4.74 Å². The zero-order valence-corrected chi connectivity index (χ0v) is 17.3. The molecule has 1 aromatic heterocycles. The maximum atomic E-state index is 13.5. The van der Waals surface area contributed by atoms with Crippen LogP contribution in [0.1, 0.15) is 18.9 Å². The van der Waals surface area contributed by atoms with E-state index in [1.165, 1.54) is 22.9 Å². The monoisotopic (exact) mass is 427 g/mol. The van der Waals surface area contributed by atoms with Crippen molar-refractivity contribution in [3.05, 3.63) is 82.1 Å². The van der Waals surface area contributed by atoms with E-state index in [0.29, 0.717) is 23.4 Å². The highest BCUT2D eigenvalue weighted by Gasteiger charge is 2.14. The number of benzene rings is 2. The van der Waals surface area contributed by atoms with Crippen LogP contribution in [0.5, 0.6) is 5.75 Å². The third-order valence-corrected chi connectivity index (χ3v) is 4.86. The SMILES string of the molecule is CC[C@H](Cn1nc(-c2ccc(F)c(F)c2)ccc1=O)NC(=O)Cc1ccc(OC)cc1. The molecule has 1 amide bonds. The normalized spacial score (nSPS) is 11.7. The van der Waals surface area contributed by atoms with Gasteiger partial charge in [-0.15, -0.1) is 0 Å². The quantitative estimate of drug-likeness (QED) is 0.599. The first-order valence-electron chi connectivity index (χ1n) is 9.85. The second-order valence-electron chi connectivity index (χ2n) is 7.07. The number of halogens is 2. The highest BCUT2D eigenvalue weighted by molar-refractivity contribution is 5.78. The second-order valence-corrected chi connectivity index (χ2v) is 7.07. The first-order chi connectivity index (χ1) is 14.9. The lowest BCUT2D eigenvalue weighted by Crippen LogP contribution is -2.41. The number of carbonyl (C=O) groups is 1. The molecular formula is C23H23F2N3O3. The minimum atomic E-state index is -0.991. The van der Waals surface area contributed by atoms with Crippen molar-refractivity contribution in [2.24, 2.45) is 0 Å². The van der Waals surface area contributed by atoms with Gasteiger partial charge in [-0.2, -0.15) is 5.10 Å². The Morgan fingerprint density at radius 1 is 1.10 bits per heavy atom. The number of amides is 1. The second kappa shape index (κ2) is 9.97. The van der Waals surface area contributed by atoms with Crippen molar-refractivity contribution < 1.29 is 18.3 Å². The average molecular weight is 427 g/mol. The van der Waals surface area contributed by atoms with E-state index in [0.717, 1.165) is 17.7 Å². The Hall–Kier alpha value is -3.55. The van der Waals surface area contributed by atoms with E-state index in [9.17, 15) is 18.4 Å². The van der Waals surface area contributed by atoms with Crippen molar-refractivity contribution in [2.45, 2.75) is 32.4 Å². The smallest absolute Gasteiger partial charge is 0.266 e. The van der Waals surface area contributed by atoms with Crippen LogP contribution in [-0.2, 0) is 17.8 Å². The molecular weight excluding hydrogens is 404 g/mol. The van der Waals surface area contributed by atoms with Gasteiger partial charge >= 0.3 is 0 Å². The molecule has 3 aromatic rings. The fourth-order valence-corrected chi connectivity index (χ4v) is 3.08. The summed E-state index contributed by atoms with van der Waals surface area (Å²) in [6.45, 7) is 2.05. The Kier molecular flexibility index (Phi) is 7.12. The highest BCUT2D eigenvalue weighted by atomic mass is 19.2. The molecule has 0 fully saturated rings. The molecule has 0 aliphatic carbocycles. The van der Waals surface area contributed by atoms with Gasteiger partial charge in [0.05, 0.1) is 25.8 Å². The molecule has 31 heavy (non-hydrogen) atoms. The molecule has 8 heteroatoms. The van der Waals surface area contributed by atoms with Gasteiger partial charge in [-0.3, -0.25) is 9.59 Å². The number of nitrogens with zero attached hydrogens (tertiary/aromatic N) is 2. The van der Waals surface area contributed by atoms with Crippen LogP contribution in [-0.4, -0.2) is 28.8 Å². The summed E-state index contributed by atoms with van der Waals surface area (Å²) < 4.78 is 33.1. The molecule has 1 atom stereocenters. The summed E-state index contributed by atoms with van der Waals surface area (Å²) >= 11 is 0. The number of rotatable bonds is 8. The van der Waals surface area contributed by atoms with Crippen LogP contribution < -0.4 is 15.6 Å². The number of carbonyl (C=O) groups excluding carboxylic acids is 1. The first-order valence-corrected chi connectivity index (χ1v) is 9.85. The van der Waals surface area contributed by atoms with Crippen LogP contribution in [0.3, 0.4) is 0 Å². The Morgan fingerprint density at radius 2 is 1.84 bits per heavy atom. The van der Waals surface area contributed by atoms with E-state index in [2.05, 4.69) is 10.4 Å². The van der Waals surface area contributed by atoms with Crippen LogP contribution in [0.2, 0.25) is 0 Å². The van der Waals surface area contributed by atoms with E-state index in [-0.39, 0.29) is 30.5 Å². The third kappa shape index (κ3) is 5.75. The molecule has 2 aromatic carbocycles. The van der Waals surface area contributed by atoms with Crippen molar-refractivity contribution in [2.75, 3.05) is 7.11 Å². The van der Waals surface area contributed by atoms with Gasteiger partial charge in [0.2, 0.25) is 5.91 Å². The minimum Gasteiger partial charge on any atom is -0.497 e. The van der Waals surface area contributed by atoms with Crippen molar-refractivity contribution in [1.29, 1.82) is 0 Å². The third-order valence-electron chi connectivity index (χ3n) is 4.86. The predicted molar refractivity (Wildman–Crippen MR) is 113 cm³/mol. The lowest BCUT2D eigenvalue weighted by molar-refractivity contribution is -0.121. The van der Waals surface area contributed by atoms with Gasteiger partial charge in [-0.05, 0) is 48.4 Å². The molecule has 162 valence electrons. The van der Waals surface area contributed by atoms with E-state index in [1.807, 2.05) is 19.1 Å². The summed E-state index contributed by atoms with van der Waals surface area (Å²) in [4.78, 5) is 24.7. The predicted octanol–water partition coefficient (Wildman–Crippen LogP) is 3.33. The molecule has 0 bridgehead atoms. The summed E-state index contributed by atoms with van der Waals surface area (Å²) in [5.74, 6) is -1.42. The maximum Gasteiger partial charge on any atom is 0.266 e. The van der Waals surface area contributed by atoms with Gasteiger partial charge in [0.1, 0.15) is 5.75 Å². The topological polar surface area (TPSA) is 73.2 Å². The number of ether oxygens (including phenoxy) is 1. The van der Waals surface area contributed by atoms with Crippen molar-refractivity contribution in [3.8, 4) is 17.0 Å². The number of hydrogen-bond donors (Lipinski definition) is 1. The minimum absolute atomic E-state index is 0.154. The number of nitrogens with one attached hydrogen (secondary N) is 1. The molecule has 3 rings (SSSR count). The fourth-order valence-electron chi connectivity index (χ4n) is 3.08. The highest BCUT2D eigenvalue weighted by Crippen LogP contribution is 2.18. The summed E-state index contributed by atoms with van der Waals surface area (Å²) in [5, 5.41) is 7.18. The van der Waals surface area contributed by atoms with Gasteiger partial charge in [0.15, 0.2) is 11.6 Å². The van der Waals surface area contributed by atoms with Gasteiger partial charge in [-0.25, -0.2) is 13.5 Å². The van der Waals surface area contributed by atoms with Crippen LogP contribution in [0.25, 0.3) is 11.3 Å². The zero-order valence-electron chi connectivity index (χ0n) is 17.3. The van der Waals surface area contributed by atoms with Gasteiger partial charge in [0, 0.05) is 17.7 Å². The molecule has 6 nitrogen and oxygen atoms in total. The molecule has 0 saturated carbocycles. The summed E-state index contributed by atoms with van der Waals surface area (Å²) in [7, 11) is 1.57. The zero-order chi connectivity index (χ0) is 22.4. The van der Waals surface area contributed by atoms with Crippen LogP contribution in [0.4, 0.5) is 8.78 Å². The van der Waals surface area contributed by atoms with Crippen molar-refractivity contribution in [3.63, 3.8) is 0 Å². The Morgan fingerprint density at radius 3 is 2.48 bits per heavy atom. The number of aromatic nitrogens is 2. The molecule has 1 N–H and O–H groups in total. The summed E-state index contributed by atoms with van der Waals surface area (Å²) in [6.07, 6.45) is 0.773. The maximum absolute atomic E-state index is 13.5. The van der Waals surface area contributed by atoms with Gasteiger partial charge in [-0.1, -0.05) is 19.1 Å². The summed E-state index contributed by atoms with van der Waals surface area (Å²) in [6, 6.07) is 13.1.